The number of anilines is 1. The number of H-pyrrole nitrogens is 1. The van der Waals surface area contributed by atoms with Crippen LogP contribution in [-0.4, -0.2) is 28.9 Å². The van der Waals surface area contributed by atoms with Crippen molar-refractivity contribution in [3.8, 4) is 5.75 Å². The molecule has 7 heteroatoms. The van der Waals surface area contributed by atoms with Crippen LogP contribution in [0.25, 0.3) is 16.7 Å². The molecular weight excluding hydrogens is 452 g/mol. The first-order chi connectivity index (χ1) is 16.4. The third kappa shape index (κ3) is 3.43. The van der Waals surface area contributed by atoms with Crippen LogP contribution in [0, 0.1) is 6.92 Å². The molecule has 34 heavy (non-hydrogen) atoms. The fourth-order valence-corrected chi connectivity index (χ4v) is 4.65. The van der Waals surface area contributed by atoms with Gasteiger partial charge in [-0.05, 0) is 61.5 Å². The van der Waals surface area contributed by atoms with Gasteiger partial charge in [-0.2, -0.15) is 0 Å². The van der Waals surface area contributed by atoms with Gasteiger partial charge in [0.2, 0.25) is 0 Å². The van der Waals surface area contributed by atoms with E-state index in [0.29, 0.717) is 22.0 Å². The number of aryl methyl sites for hydroxylation is 1. The number of aliphatic hydroxyl groups excluding tert-OH is 1. The number of nitrogens with zero attached hydrogens (tertiary/aromatic N) is 1. The van der Waals surface area contributed by atoms with Gasteiger partial charge in [0, 0.05) is 38.4 Å². The van der Waals surface area contributed by atoms with Gasteiger partial charge in [0.15, 0.2) is 0 Å². The normalized spacial score (nSPS) is 17.5. The number of benzene rings is 3. The van der Waals surface area contributed by atoms with E-state index in [9.17, 15) is 14.7 Å². The lowest BCUT2D eigenvalue weighted by Crippen LogP contribution is -2.29. The highest BCUT2D eigenvalue weighted by Crippen LogP contribution is 2.45. The van der Waals surface area contributed by atoms with Crippen LogP contribution in [0.1, 0.15) is 22.9 Å². The average molecular weight is 473 g/mol. The number of hydrogen-bond acceptors (Lipinski definition) is 4. The molecule has 6 nitrogen and oxygen atoms in total. The molecule has 1 unspecified atom stereocenters. The van der Waals surface area contributed by atoms with Crippen molar-refractivity contribution in [2.45, 2.75) is 13.0 Å². The van der Waals surface area contributed by atoms with Crippen molar-refractivity contribution in [1.29, 1.82) is 0 Å². The van der Waals surface area contributed by atoms with Gasteiger partial charge >= 0.3 is 0 Å². The molecule has 1 amide bonds. The summed E-state index contributed by atoms with van der Waals surface area (Å²) in [6, 6.07) is 20.3. The van der Waals surface area contributed by atoms with Crippen LogP contribution in [0.2, 0.25) is 5.02 Å². The molecule has 0 spiro atoms. The van der Waals surface area contributed by atoms with Crippen LogP contribution in [-0.2, 0) is 9.59 Å². The molecule has 0 saturated carbocycles. The van der Waals surface area contributed by atoms with Crippen LogP contribution in [0.4, 0.5) is 5.69 Å². The van der Waals surface area contributed by atoms with E-state index in [2.05, 4.69) is 4.98 Å². The molecular formula is C27H21ClN2O4. The van der Waals surface area contributed by atoms with Gasteiger partial charge in [0.25, 0.3) is 11.7 Å². The molecule has 0 aliphatic carbocycles. The highest BCUT2D eigenvalue weighted by molar-refractivity contribution is 6.52. The van der Waals surface area contributed by atoms with E-state index >= 15 is 0 Å². The summed E-state index contributed by atoms with van der Waals surface area (Å²) in [5.41, 5.74) is 3.37. The number of aromatic amines is 1. The summed E-state index contributed by atoms with van der Waals surface area (Å²) in [4.78, 5) is 31.5. The van der Waals surface area contributed by atoms with Crippen LogP contribution >= 0.6 is 11.6 Å². The number of rotatable bonds is 4. The zero-order valence-corrected chi connectivity index (χ0v) is 19.3. The second kappa shape index (κ2) is 8.39. The molecule has 0 radical (unpaired) electrons. The number of hydrogen-bond donors (Lipinski definition) is 2. The van der Waals surface area contributed by atoms with Gasteiger partial charge in [0.1, 0.15) is 11.5 Å². The molecule has 1 aliphatic rings. The maximum atomic E-state index is 13.4. The molecule has 1 atom stereocenters. The van der Waals surface area contributed by atoms with Gasteiger partial charge in [-0.1, -0.05) is 29.8 Å². The molecule has 170 valence electrons. The van der Waals surface area contributed by atoms with Gasteiger partial charge in [-0.3, -0.25) is 14.5 Å². The summed E-state index contributed by atoms with van der Waals surface area (Å²) in [6.07, 6.45) is 0. The van der Waals surface area contributed by atoms with E-state index in [-0.39, 0.29) is 11.3 Å². The first-order valence-electron chi connectivity index (χ1n) is 10.7. The fourth-order valence-electron chi connectivity index (χ4n) is 4.53. The van der Waals surface area contributed by atoms with Crippen LogP contribution in [0.15, 0.2) is 78.4 Å². The topological polar surface area (TPSA) is 82.6 Å². The van der Waals surface area contributed by atoms with E-state index in [1.807, 2.05) is 31.2 Å². The van der Waals surface area contributed by atoms with Crippen LogP contribution in [0.3, 0.4) is 0 Å². The molecule has 2 N–H and O–H groups in total. The van der Waals surface area contributed by atoms with Gasteiger partial charge in [0.05, 0.1) is 18.7 Å². The summed E-state index contributed by atoms with van der Waals surface area (Å²) in [6.45, 7) is 1.89. The number of carbonyl (C=O) groups excluding carboxylic acids is 2. The Morgan fingerprint density at radius 3 is 2.35 bits per heavy atom. The number of para-hydroxylation sites is 1. The quantitative estimate of drug-likeness (QED) is 0.224. The number of halogens is 1. The Hall–Kier alpha value is -4.03. The minimum Gasteiger partial charge on any atom is -0.507 e. The number of aliphatic hydroxyl groups is 1. The minimum absolute atomic E-state index is 0.0241. The fraction of sp³-hybridized carbons (Fsp3) is 0.111. The molecule has 1 aliphatic heterocycles. The van der Waals surface area contributed by atoms with Gasteiger partial charge < -0.3 is 14.8 Å². The second-order valence-corrected chi connectivity index (χ2v) is 8.52. The standard InChI is InChI=1S/C27H21ClN2O4/c1-15-22(20-5-3-4-6-21(20)29-15)24-23(25(31)16-7-9-17(28)10-8-16)26(32)27(33)30(24)18-11-13-19(34-2)14-12-18/h3-14,24,29,31H,1-2H3/b25-23+. The molecule has 1 saturated heterocycles. The summed E-state index contributed by atoms with van der Waals surface area (Å²) >= 11 is 6.01. The van der Waals surface area contributed by atoms with E-state index in [4.69, 9.17) is 16.3 Å². The number of ketones is 1. The van der Waals surface area contributed by atoms with Crippen molar-refractivity contribution in [3.63, 3.8) is 0 Å². The van der Waals surface area contributed by atoms with Crippen molar-refractivity contribution in [1.82, 2.24) is 4.98 Å². The van der Waals surface area contributed by atoms with Gasteiger partial charge in [-0.25, -0.2) is 0 Å². The Labute approximate surface area is 201 Å². The Morgan fingerprint density at radius 1 is 1.00 bits per heavy atom. The summed E-state index contributed by atoms with van der Waals surface area (Å²) in [5, 5.41) is 12.7. The first kappa shape index (κ1) is 21.8. The molecule has 2 heterocycles. The Balaban J connectivity index is 1.79. The van der Waals surface area contributed by atoms with Crippen molar-refractivity contribution in [2.75, 3.05) is 12.0 Å². The monoisotopic (exact) mass is 472 g/mol. The van der Waals surface area contributed by atoms with Crippen molar-refractivity contribution in [2.24, 2.45) is 0 Å². The van der Waals surface area contributed by atoms with Crippen molar-refractivity contribution in [3.05, 3.63) is 100 Å². The predicted molar refractivity (Wildman–Crippen MR) is 132 cm³/mol. The summed E-state index contributed by atoms with van der Waals surface area (Å²) in [7, 11) is 1.56. The summed E-state index contributed by atoms with van der Waals surface area (Å²) < 4.78 is 5.25. The largest absolute Gasteiger partial charge is 0.507 e. The van der Waals surface area contributed by atoms with Crippen molar-refractivity contribution >= 4 is 45.6 Å². The van der Waals surface area contributed by atoms with Crippen LogP contribution in [0.5, 0.6) is 5.75 Å². The molecule has 1 aromatic heterocycles. The third-order valence-electron chi connectivity index (χ3n) is 6.13. The number of methoxy groups -OCH3 is 1. The van der Waals surface area contributed by atoms with Gasteiger partial charge in [-0.15, -0.1) is 0 Å². The smallest absolute Gasteiger partial charge is 0.300 e. The highest BCUT2D eigenvalue weighted by atomic mass is 35.5. The third-order valence-corrected chi connectivity index (χ3v) is 6.38. The lowest BCUT2D eigenvalue weighted by molar-refractivity contribution is -0.132. The number of nitrogens with one attached hydrogen (secondary N) is 1. The zero-order valence-electron chi connectivity index (χ0n) is 18.5. The highest BCUT2D eigenvalue weighted by Gasteiger charge is 2.48. The molecule has 5 rings (SSSR count). The molecule has 0 bridgehead atoms. The SMILES string of the molecule is COc1ccc(N2C(=O)C(=O)/C(=C(/O)c3ccc(Cl)cc3)C2c2c(C)[nH]c3ccccc23)cc1. The molecule has 1 fully saturated rings. The number of Topliss-reactive ketones (excluding diaryl/α,β-unsaturated/α-hetero) is 1. The van der Waals surface area contributed by atoms with Crippen LogP contribution < -0.4 is 9.64 Å². The molecule has 3 aromatic carbocycles. The lowest BCUT2D eigenvalue weighted by atomic mass is 9.93. The average Bonchev–Trinajstić information content (AvgIpc) is 3.31. The predicted octanol–water partition coefficient (Wildman–Crippen LogP) is 5.76. The van der Waals surface area contributed by atoms with E-state index in [1.165, 1.54) is 4.90 Å². The Bertz CT molecular complexity index is 1450. The molecule has 4 aromatic rings. The zero-order chi connectivity index (χ0) is 24.0. The van der Waals surface area contributed by atoms with E-state index < -0.39 is 17.7 Å². The minimum atomic E-state index is -0.833. The number of ether oxygens (including phenoxy) is 1. The van der Waals surface area contributed by atoms with E-state index in [0.717, 1.165) is 22.2 Å². The first-order valence-corrected chi connectivity index (χ1v) is 11.1. The number of carbonyl (C=O) groups is 2. The number of amides is 1. The maximum absolute atomic E-state index is 13.4. The van der Waals surface area contributed by atoms with Crippen molar-refractivity contribution < 1.29 is 19.4 Å². The maximum Gasteiger partial charge on any atom is 0.300 e. The Morgan fingerprint density at radius 2 is 1.68 bits per heavy atom. The number of aromatic nitrogens is 1. The lowest BCUT2D eigenvalue weighted by Gasteiger charge is -2.26. The van der Waals surface area contributed by atoms with E-state index in [1.54, 1.807) is 55.6 Å². The second-order valence-electron chi connectivity index (χ2n) is 8.08. The summed E-state index contributed by atoms with van der Waals surface area (Å²) in [5.74, 6) is -1.09. The Kier molecular flexibility index (Phi) is 5.38. The number of fused-ring (bicyclic) bond motifs is 1.